The van der Waals surface area contributed by atoms with Crippen molar-refractivity contribution in [3.63, 3.8) is 0 Å². The fourth-order valence-electron chi connectivity index (χ4n) is 2.15. The molecule has 0 saturated heterocycles. The van der Waals surface area contributed by atoms with Gasteiger partial charge in [-0.15, -0.1) is 0 Å². The molecule has 1 aliphatic heterocycles. The van der Waals surface area contributed by atoms with Crippen LogP contribution in [0.4, 0.5) is 11.5 Å². The maximum atomic E-state index is 12.2. The van der Waals surface area contributed by atoms with E-state index in [-0.39, 0.29) is 18.1 Å². The van der Waals surface area contributed by atoms with Crippen LogP contribution in [0, 0.1) is 0 Å². The molecule has 18 heavy (non-hydrogen) atoms. The smallest absolute Gasteiger partial charge is 0.325 e. The number of methoxy groups -OCH3 is 1. The SMILES string of the molecule is COC(=O)C1(C)C(=O)CN(C)c2ccc(N)nc21. The highest BCUT2D eigenvalue weighted by Crippen LogP contribution is 2.37. The first-order valence-electron chi connectivity index (χ1n) is 5.51. The quantitative estimate of drug-likeness (QED) is 0.561. The molecule has 0 fully saturated rings. The van der Waals surface area contributed by atoms with Crippen LogP contribution in [0.1, 0.15) is 12.6 Å². The zero-order chi connectivity index (χ0) is 13.5. The number of nitrogen functional groups attached to an aromatic ring is 1. The Labute approximate surface area is 105 Å². The van der Waals surface area contributed by atoms with Gasteiger partial charge in [-0.2, -0.15) is 0 Å². The molecule has 0 saturated carbocycles. The summed E-state index contributed by atoms with van der Waals surface area (Å²) in [6.07, 6.45) is 0. The lowest BCUT2D eigenvalue weighted by Crippen LogP contribution is -2.51. The summed E-state index contributed by atoms with van der Waals surface area (Å²) in [4.78, 5) is 30.0. The molecule has 2 N–H and O–H groups in total. The zero-order valence-corrected chi connectivity index (χ0v) is 10.6. The van der Waals surface area contributed by atoms with Gasteiger partial charge in [-0.1, -0.05) is 0 Å². The number of fused-ring (bicyclic) bond motifs is 1. The molecule has 1 atom stereocenters. The van der Waals surface area contributed by atoms with Crippen molar-refractivity contribution in [2.75, 3.05) is 31.3 Å². The number of carbonyl (C=O) groups excluding carboxylic acids is 2. The number of nitrogens with two attached hydrogens (primary N) is 1. The third-order valence-corrected chi connectivity index (χ3v) is 3.31. The van der Waals surface area contributed by atoms with E-state index >= 15 is 0 Å². The van der Waals surface area contributed by atoms with E-state index < -0.39 is 11.4 Å². The van der Waals surface area contributed by atoms with Gasteiger partial charge >= 0.3 is 5.97 Å². The van der Waals surface area contributed by atoms with Crippen LogP contribution in [0.3, 0.4) is 0 Å². The van der Waals surface area contributed by atoms with Crippen molar-refractivity contribution in [3.8, 4) is 0 Å². The summed E-state index contributed by atoms with van der Waals surface area (Å²) >= 11 is 0. The van der Waals surface area contributed by atoms with Crippen LogP contribution in [0.5, 0.6) is 0 Å². The minimum absolute atomic E-state index is 0.143. The van der Waals surface area contributed by atoms with Gasteiger partial charge in [0.1, 0.15) is 5.82 Å². The zero-order valence-electron chi connectivity index (χ0n) is 10.6. The summed E-state index contributed by atoms with van der Waals surface area (Å²) in [6, 6.07) is 3.40. The van der Waals surface area contributed by atoms with Crippen molar-refractivity contribution >= 4 is 23.3 Å². The van der Waals surface area contributed by atoms with Crippen molar-refractivity contribution in [1.82, 2.24) is 4.98 Å². The van der Waals surface area contributed by atoms with E-state index in [1.807, 2.05) is 0 Å². The Morgan fingerprint density at radius 3 is 2.83 bits per heavy atom. The van der Waals surface area contributed by atoms with Gasteiger partial charge in [-0.25, -0.2) is 4.98 Å². The minimum atomic E-state index is -1.38. The number of rotatable bonds is 1. The Kier molecular flexibility index (Phi) is 2.73. The number of Topliss-reactive ketones (excluding diaryl/α,β-unsaturated/α-hetero) is 1. The summed E-state index contributed by atoms with van der Waals surface area (Å²) in [5.74, 6) is -0.589. The molecule has 6 heteroatoms. The number of hydrogen-bond donors (Lipinski definition) is 1. The number of esters is 1. The third kappa shape index (κ3) is 1.53. The lowest BCUT2D eigenvalue weighted by Gasteiger charge is -2.36. The monoisotopic (exact) mass is 249 g/mol. The van der Waals surface area contributed by atoms with Crippen LogP contribution in [-0.4, -0.2) is 37.4 Å². The van der Waals surface area contributed by atoms with Crippen molar-refractivity contribution in [2.45, 2.75) is 12.3 Å². The van der Waals surface area contributed by atoms with E-state index in [1.165, 1.54) is 14.0 Å². The molecule has 0 aliphatic carbocycles. The predicted molar refractivity (Wildman–Crippen MR) is 66.3 cm³/mol. The summed E-state index contributed by atoms with van der Waals surface area (Å²) in [5, 5.41) is 0. The van der Waals surface area contributed by atoms with Crippen LogP contribution in [0.25, 0.3) is 0 Å². The molecule has 0 spiro atoms. The average Bonchev–Trinajstić information content (AvgIpc) is 2.34. The Hall–Kier alpha value is -2.11. The first-order valence-corrected chi connectivity index (χ1v) is 5.51. The first kappa shape index (κ1) is 12.3. The highest BCUT2D eigenvalue weighted by atomic mass is 16.5. The number of likely N-dealkylation sites (N-methyl/N-ethyl adjacent to an activating group) is 1. The number of ether oxygens (including phenoxy) is 1. The summed E-state index contributed by atoms with van der Waals surface area (Å²) < 4.78 is 4.74. The molecular formula is C12H15N3O3. The van der Waals surface area contributed by atoms with Crippen LogP contribution in [0.2, 0.25) is 0 Å². The van der Waals surface area contributed by atoms with Crippen LogP contribution < -0.4 is 10.6 Å². The van der Waals surface area contributed by atoms with Crippen LogP contribution in [-0.2, 0) is 19.7 Å². The summed E-state index contributed by atoms with van der Waals surface area (Å²) in [6.45, 7) is 1.67. The van der Waals surface area contributed by atoms with Gasteiger partial charge in [-0.05, 0) is 19.1 Å². The van der Waals surface area contributed by atoms with E-state index in [1.54, 1.807) is 24.1 Å². The normalized spacial score (nSPS) is 22.6. The maximum absolute atomic E-state index is 12.2. The predicted octanol–water partition coefficient (Wildman–Crippen LogP) is 0.113. The molecule has 1 aromatic rings. The molecule has 0 aromatic carbocycles. The van der Waals surface area contributed by atoms with Crippen molar-refractivity contribution < 1.29 is 14.3 Å². The maximum Gasteiger partial charge on any atom is 0.325 e. The lowest BCUT2D eigenvalue weighted by atomic mass is 9.78. The molecule has 0 amide bonds. The van der Waals surface area contributed by atoms with Crippen molar-refractivity contribution in [3.05, 3.63) is 17.8 Å². The van der Waals surface area contributed by atoms with Crippen molar-refractivity contribution in [2.24, 2.45) is 0 Å². The standard InChI is InChI=1S/C12H15N3O3/c1-12(11(17)18-3)8(16)6-15(2)7-4-5-9(13)14-10(7)12/h4-5H,6H2,1-3H3,(H2,13,14). The second kappa shape index (κ2) is 3.97. The number of pyridine rings is 1. The molecule has 1 aromatic heterocycles. The molecule has 6 nitrogen and oxygen atoms in total. The number of nitrogens with zero attached hydrogens (tertiary/aromatic N) is 2. The van der Waals surface area contributed by atoms with Crippen molar-refractivity contribution in [1.29, 1.82) is 0 Å². The van der Waals surface area contributed by atoms with E-state index in [0.29, 0.717) is 5.69 Å². The average molecular weight is 249 g/mol. The molecule has 2 rings (SSSR count). The van der Waals surface area contributed by atoms with E-state index in [0.717, 1.165) is 5.69 Å². The van der Waals surface area contributed by atoms with Crippen LogP contribution >= 0.6 is 0 Å². The van der Waals surface area contributed by atoms with Gasteiger partial charge in [0.15, 0.2) is 11.2 Å². The van der Waals surface area contributed by atoms with Gasteiger partial charge in [0.05, 0.1) is 25.0 Å². The molecule has 2 heterocycles. The second-order valence-electron chi connectivity index (χ2n) is 4.50. The lowest BCUT2D eigenvalue weighted by molar-refractivity contribution is -0.151. The van der Waals surface area contributed by atoms with Gasteiger partial charge in [-0.3, -0.25) is 9.59 Å². The molecule has 1 aliphatic rings. The molecule has 0 bridgehead atoms. The van der Waals surface area contributed by atoms with E-state index in [9.17, 15) is 9.59 Å². The highest BCUT2D eigenvalue weighted by Gasteiger charge is 2.50. The largest absolute Gasteiger partial charge is 0.468 e. The van der Waals surface area contributed by atoms with Gasteiger partial charge in [0.25, 0.3) is 0 Å². The molecule has 0 radical (unpaired) electrons. The number of hydrogen-bond acceptors (Lipinski definition) is 6. The molecule has 1 unspecified atom stereocenters. The van der Waals surface area contributed by atoms with E-state index in [2.05, 4.69) is 4.98 Å². The Balaban J connectivity index is 2.69. The highest BCUT2D eigenvalue weighted by molar-refractivity contribution is 6.13. The number of carbonyl (C=O) groups is 2. The Bertz CT molecular complexity index is 529. The van der Waals surface area contributed by atoms with Gasteiger partial charge in [0.2, 0.25) is 0 Å². The summed E-state index contributed by atoms with van der Waals surface area (Å²) in [7, 11) is 3.02. The topological polar surface area (TPSA) is 85.5 Å². The first-order chi connectivity index (χ1) is 8.41. The number of ketones is 1. The van der Waals surface area contributed by atoms with Gasteiger partial charge in [0, 0.05) is 7.05 Å². The van der Waals surface area contributed by atoms with Crippen LogP contribution in [0.15, 0.2) is 12.1 Å². The minimum Gasteiger partial charge on any atom is -0.468 e. The van der Waals surface area contributed by atoms with E-state index in [4.69, 9.17) is 10.5 Å². The fraction of sp³-hybridized carbons (Fsp3) is 0.417. The fourth-order valence-corrected chi connectivity index (χ4v) is 2.15. The molecular weight excluding hydrogens is 234 g/mol. The molecule has 96 valence electrons. The third-order valence-electron chi connectivity index (χ3n) is 3.31. The number of anilines is 2. The van der Waals surface area contributed by atoms with Gasteiger partial charge < -0.3 is 15.4 Å². The number of aromatic nitrogens is 1. The Morgan fingerprint density at radius 2 is 2.22 bits per heavy atom. The summed E-state index contributed by atoms with van der Waals surface area (Å²) in [5.41, 5.74) is 5.33. The Morgan fingerprint density at radius 1 is 1.56 bits per heavy atom. The second-order valence-corrected chi connectivity index (χ2v) is 4.50.